The minimum Gasteiger partial charge on any atom is -0.346 e. The molecule has 0 spiro atoms. The van der Waals surface area contributed by atoms with Crippen LogP contribution in [0.25, 0.3) is 4.96 Å². The van der Waals surface area contributed by atoms with Crippen molar-refractivity contribution in [3.8, 4) is 0 Å². The zero-order chi connectivity index (χ0) is 15.7. The maximum absolute atomic E-state index is 12.3. The number of rotatable bonds is 5. The van der Waals surface area contributed by atoms with E-state index in [-0.39, 0.29) is 5.91 Å². The van der Waals surface area contributed by atoms with Gasteiger partial charge in [-0.05, 0) is 20.3 Å². The molecule has 3 aromatic heterocycles. The van der Waals surface area contributed by atoms with E-state index in [0.717, 1.165) is 34.3 Å². The van der Waals surface area contributed by atoms with Crippen LogP contribution in [-0.2, 0) is 13.1 Å². The van der Waals surface area contributed by atoms with Crippen molar-refractivity contribution in [1.82, 2.24) is 29.7 Å². The fourth-order valence-corrected chi connectivity index (χ4v) is 3.05. The Balaban J connectivity index is 1.67. The molecule has 0 atom stereocenters. The Morgan fingerprint density at radius 2 is 2.23 bits per heavy atom. The van der Waals surface area contributed by atoms with Crippen molar-refractivity contribution in [3.05, 3.63) is 34.4 Å². The van der Waals surface area contributed by atoms with E-state index in [1.807, 2.05) is 24.7 Å². The van der Waals surface area contributed by atoms with Crippen LogP contribution in [0.4, 0.5) is 0 Å². The molecule has 3 aromatic rings. The molecule has 0 aromatic carbocycles. The fourth-order valence-electron chi connectivity index (χ4n) is 2.30. The summed E-state index contributed by atoms with van der Waals surface area (Å²) in [6, 6.07) is 0. The number of nitrogens with one attached hydrogen (secondary N) is 1. The van der Waals surface area contributed by atoms with Gasteiger partial charge in [-0.25, -0.2) is 9.50 Å². The van der Waals surface area contributed by atoms with Gasteiger partial charge in [0.1, 0.15) is 5.01 Å². The second-order valence-electron chi connectivity index (χ2n) is 5.13. The molecule has 0 unspecified atom stereocenters. The van der Waals surface area contributed by atoms with E-state index in [0.29, 0.717) is 12.1 Å². The van der Waals surface area contributed by atoms with Crippen LogP contribution in [0.1, 0.15) is 40.1 Å². The summed E-state index contributed by atoms with van der Waals surface area (Å²) in [7, 11) is 0. The van der Waals surface area contributed by atoms with Crippen molar-refractivity contribution in [2.24, 2.45) is 0 Å². The number of aromatic nitrogens is 5. The van der Waals surface area contributed by atoms with Crippen LogP contribution in [0.2, 0.25) is 0 Å². The fraction of sp³-hybridized carbons (Fsp3) is 0.429. The van der Waals surface area contributed by atoms with E-state index < -0.39 is 0 Å². The molecule has 7 nitrogen and oxygen atoms in total. The van der Waals surface area contributed by atoms with Gasteiger partial charge < -0.3 is 5.32 Å². The standard InChI is InChI=1S/C14H18N6OS/c1-4-5-19-9(2)12(7-16-19)13(21)15-6-11-8-20-14(17-11)22-10(3)18-20/h7-8H,4-6H2,1-3H3,(H,15,21). The highest BCUT2D eigenvalue weighted by Crippen LogP contribution is 2.13. The molecule has 0 aliphatic carbocycles. The van der Waals surface area contributed by atoms with Gasteiger partial charge in [-0.15, -0.1) is 0 Å². The molecule has 0 fully saturated rings. The smallest absolute Gasteiger partial charge is 0.255 e. The molecule has 3 rings (SSSR count). The van der Waals surface area contributed by atoms with Gasteiger partial charge in [0.25, 0.3) is 5.91 Å². The lowest BCUT2D eigenvalue weighted by molar-refractivity contribution is 0.0949. The molecule has 0 saturated heterocycles. The third-order valence-corrected chi connectivity index (χ3v) is 4.25. The Morgan fingerprint density at radius 3 is 2.95 bits per heavy atom. The zero-order valence-electron chi connectivity index (χ0n) is 12.8. The Labute approximate surface area is 132 Å². The number of aryl methyl sites for hydroxylation is 2. The first-order valence-electron chi connectivity index (χ1n) is 7.20. The van der Waals surface area contributed by atoms with Crippen LogP contribution < -0.4 is 5.32 Å². The number of imidazole rings is 1. The Kier molecular flexibility index (Phi) is 3.93. The number of amides is 1. The summed E-state index contributed by atoms with van der Waals surface area (Å²) >= 11 is 1.53. The molecular formula is C14H18N6OS. The predicted octanol–water partition coefficient (Wildman–Crippen LogP) is 1.94. The SMILES string of the molecule is CCCn1ncc(C(=O)NCc2cn3nc(C)sc3n2)c1C. The summed E-state index contributed by atoms with van der Waals surface area (Å²) in [5.41, 5.74) is 2.30. The van der Waals surface area contributed by atoms with E-state index in [9.17, 15) is 4.79 Å². The summed E-state index contributed by atoms with van der Waals surface area (Å²) < 4.78 is 3.60. The van der Waals surface area contributed by atoms with Crippen LogP contribution in [-0.4, -0.2) is 30.3 Å². The highest BCUT2D eigenvalue weighted by molar-refractivity contribution is 7.16. The van der Waals surface area contributed by atoms with Crippen molar-refractivity contribution in [3.63, 3.8) is 0 Å². The van der Waals surface area contributed by atoms with Gasteiger partial charge in [-0.3, -0.25) is 9.48 Å². The van der Waals surface area contributed by atoms with Crippen LogP contribution in [0.5, 0.6) is 0 Å². The predicted molar refractivity (Wildman–Crippen MR) is 84.0 cm³/mol. The number of carbonyl (C=O) groups excluding carboxylic acids is 1. The third kappa shape index (κ3) is 2.74. The molecule has 116 valence electrons. The molecular weight excluding hydrogens is 300 g/mol. The lowest BCUT2D eigenvalue weighted by atomic mass is 10.2. The van der Waals surface area contributed by atoms with E-state index in [2.05, 4.69) is 27.4 Å². The average molecular weight is 318 g/mol. The third-order valence-electron chi connectivity index (χ3n) is 3.41. The maximum Gasteiger partial charge on any atom is 0.255 e. The van der Waals surface area contributed by atoms with Crippen molar-refractivity contribution in [1.29, 1.82) is 0 Å². The van der Waals surface area contributed by atoms with Crippen LogP contribution >= 0.6 is 11.3 Å². The van der Waals surface area contributed by atoms with Gasteiger partial charge in [0.2, 0.25) is 4.96 Å². The van der Waals surface area contributed by atoms with Gasteiger partial charge >= 0.3 is 0 Å². The number of hydrogen-bond acceptors (Lipinski definition) is 5. The monoisotopic (exact) mass is 318 g/mol. The van der Waals surface area contributed by atoms with Crippen LogP contribution in [0, 0.1) is 13.8 Å². The molecule has 0 radical (unpaired) electrons. The summed E-state index contributed by atoms with van der Waals surface area (Å²) in [6.45, 7) is 7.14. The topological polar surface area (TPSA) is 77.1 Å². The zero-order valence-corrected chi connectivity index (χ0v) is 13.6. The molecule has 0 aliphatic heterocycles. The summed E-state index contributed by atoms with van der Waals surface area (Å²) in [6.07, 6.45) is 4.45. The van der Waals surface area contributed by atoms with Crippen molar-refractivity contribution < 1.29 is 4.79 Å². The normalized spacial score (nSPS) is 11.2. The molecule has 8 heteroatoms. The Morgan fingerprint density at radius 1 is 1.41 bits per heavy atom. The Hall–Kier alpha value is -2.22. The summed E-state index contributed by atoms with van der Waals surface area (Å²) in [5.74, 6) is -0.125. The molecule has 1 amide bonds. The van der Waals surface area contributed by atoms with Crippen molar-refractivity contribution in [2.45, 2.75) is 40.3 Å². The van der Waals surface area contributed by atoms with Crippen molar-refractivity contribution >= 4 is 22.2 Å². The maximum atomic E-state index is 12.3. The quantitative estimate of drug-likeness (QED) is 0.780. The minimum atomic E-state index is -0.125. The molecule has 22 heavy (non-hydrogen) atoms. The minimum absolute atomic E-state index is 0.125. The first kappa shape index (κ1) is 14.7. The average Bonchev–Trinajstić information content (AvgIpc) is 3.11. The Bertz CT molecular complexity index is 783. The van der Waals surface area contributed by atoms with Gasteiger partial charge in [0, 0.05) is 12.2 Å². The van der Waals surface area contributed by atoms with Gasteiger partial charge in [-0.1, -0.05) is 18.3 Å². The van der Waals surface area contributed by atoms with E-state index in [4.69, 9.17) is 0 Å². The molecule has 0 bridgehead atoms. The lowest BCUT2D eigenvalue weighted by Crippen LogP contribution is -2.23. The first-order chi connectivity index (χ1) is 10.6. The molecule has 1 N–H and O–H groups in total. The van der Waals surface area contributed by atoms with Crippen LogP contribution in [0.15, 0.2) is 12.4 Å². The largest absolute Gasteiger partial charge is 0.346 e. The second-order valence-corrected chi connectivity index (χ2v) is 6.29. The van der Waals surface area contributed by atoms with Gasteiger partial charge in [0.15, 0.2) is 0 Å². The van der Waals surface area contributed by atoms with Crippen molar-refractivity contribution in [2.75, 3.05) is 0 Å². The van der Waals surface area contributed by atoms with E-state index in [1.165, 1.54) is 11.3 Å². The number of hydrogen-bond donors (Lipinski definition) is 1. The summed E-state index contributed by atoms with van der Waals surface area (Å²) in [5, 5.41) is 12.4. The van der Waals surface area contributed by atoms with Crippen LogP contribution in [0.3, 0.4) is 0 Å². The highest BCUT2D eigenvalue weighted by atomic mass is 32.1. The summed E-state index contributed by atoms with van der Waals surface area (Å²) in [4.78, 5) is 17.5. The van der Waals surface area contributed by atoms with E-state index in [1.54, 1.807) is 10.7 Å². The van der Waals surface area contributed by atoms with Gasteiger partial charge in [-0.2, -0.15) is 10.2 Å². The highest BCUT2D eigenvalue weighted by Gasteiger charge is 2.14. The second kappa shape index (κ2) is 5.88. The van der Waals surface area contributed by atoms with Gasteiger partial charge in [0.05, 0.1) is 30.2 Å². The number of nitrogens with zero attached hydrogens (tertiary/aromatic N) is 5. The first-order valence-corrected chi connectivity index (χ1v) is 8.02. The van der Waals surface area contributed by atoms with E-state index >= 15 is 0 Å². The number of fused-ring (bicyclic) bond motifs is 1. The molecule has 0 aliphatic rings. The lowest BCUT2D eigenvalue weighted by Gasteiger charge is -2.04. The number of carbonyl (C=O) groups is 1. The molecule has 3 heterocycles. The molecule has 0 saturated carbocycles.